The second kappa shape index (κ2) is 5.23. The lowest BCUT2D eigenvalue weighted by molar-refractivity contribution is -0.123. The van der Waals surface area contributed by atoms with Gasteiger partial charge < -0.3 is 0 Å². The third-order valence-electron chi connectivity index (χ3n) is 4.48. The number of benzene rings is 1. The summed E-state index contributed by atoms with van der Waals surface area (Å²) in [5.74, 6) is 0.851. The summed E-state index contributed by atoms with van der Waals surface area (Å²) in [5, 5.41) is 0. The van der Waals surface area contributed by atoms with Crippen molar-refractivity contribution in [2.75, 3.05) is 6.54 Å². The molecule has 0 N–H and O–H groups in total. The third-order valence-corrected chi connectivity index (χ3v) is 4.48. The molecule has 0 unspecified atom stereocenters. The molecule has 96 valence electrons. The predicted octanol–water partition coefficient (Wildman–Crippen LogP) is 3.02. The molecular weight excluding hydrogens is 222 g/mol. The zero-order valence-corrected chi connectivity index (χ0v) is 10.8. The van der Waals surface area contributed by atoms with Crippen LogP contribution in [0.2, 0.25) is 0 Å². The van der Waals surface area contributed by atoms with E-state index in [4.69, 9.17) is 0 Å². The van der Waals surface area contributed by atoms with Gasteiger partial charge in [-0.05, 0) is 31.4 Å². The number of carbonyl (C=O) groups is 1. The highest BCUT2D eigenvalue weighted by molar-refractivity contribution is 5.82. The monoisotopic (exact) mass is 243 g/mol. The first-order valence-electron chi connectivity index (χ1n) is 7.15. The smallest absolute Gasteiger partial charge is 0.137 e. The highest BCUT2D eigenvalue weighted by Crippen LogP contribution is 2.33. The van der Waals surface area contributed by atoms with E-state index in [1.165, 1.54) is 18.4 Å². The summed E-state index contributed by atoms with van der Waals surface area (Å²) >= 11 is 0. The predicted molar refractivity (Wildman–Crippen MR) is 72.2 cm³/mol. The molecule has 0 bridgehead atoms. The van der Waals surface area contributed by atoms with E-state index in [1.54, 1.807) is 0 Å². The molecule has 3 rings (SSSR count). The average molecular weight is 243 g/mol. The summed E-state index contributed by atoms with van der Waals surface area (Å²) < 4.78 is 0. The van der Waals surface area contributed by atoms with Crippen LogP contribution in [0.15, 0.2) is 30.3 Å². The number of likely N-dealkylation sites (tertiary alicyclic amines) is 1. The molecule has 1 aliphatic carbocycles. The summed E-state index contributed by atoms with van der Waals surface area (Å²) in [7, 11) is 0. The molecule has 1 aliphatic heterocycles. The second-order valence-corrected chi connectivity index (χ2v) is 5.63. The molecule has 1 aromatic rings. The number of rotatable bonds is 2. The van der Waals surface area contributed by atoms with E-state index in [9.17, 15) is 4.79 Å². The van der Waals surface area contributed by atoms with Crippen LogP contribution in [0.4, 0.5) is 0 Å². The van der Waals surface area contributed by atoms with Gasteiger partial charge in [0.15, 0.2) is 0 Å². The van der Waals surface area contributed by atoms with Crippen LogP contribution in [-0.4, -0.2) is 23.3 Å². The summed E-state index contributed by atoms with van der Waals surface area (Å²) in [6.07, 6.45) is 5.43. The van der Waals surface area contributed by atoms with E-state index in [2.05, 4.69) is 35.2 Å². The van der Waals surface area contributed by atoms with Gasteiger partial charge in [0.25, 0.3) is 0 Å². The zero-order valence-electron chi connectivity index (χ0n) is 10.8. The first-order chi connectivity index (χ1) is 8.84. The van der Waals surface area contributed by atoms with Crippen molar-refractivity contribution in [2.45, 2.75) is 44.7 Å². The van der Waals surface area contributed by atoms with Gasteiger partial charge in [-0.15, -0.1) is 0 Å². The van der Waals surface area contributed by atoms with Crippen molar-refractivity contribution in [1.82, 2.24) is 4.90 Å². The molecule has 1 aromatic carbocycles. The normalized spacial score (nSPS) is 29.0. The number of nitrogens with zero attached hydrogens (tertiary/aromatic N) is 1. The maximum atomic E-state index is 12.1. The van der Waals surface area contributed by atoms with Gasteiger partial charge in [0.1, 0.15) is 5.78 Å². The summed E-state index contributed by atoms with van der Waals surface area (Å²) in [4.78, 5) is 14.6. The third kappa shape index (κ3) is 2.35. The number of ketones is 1. The fourth-order valence-corrected chi connectivity index (χ4v) is 3.53. The average Bonchev–Trinajstić information content (AvgIpc) is 2.69. The first-order valence-corrected chi connectivity index (χ1v) is 7.15. The van der Waals surface area contributed by atoms with Gasteiger partial charge in [0.2, 0.25) is 0 Å². The lowest BCUT2D eigenvalue weighted by atomic mass is 9.94. The summed E-state index contributed by atoms with van der Waals surface area (Å²) in [5.41, 5.74) is 1.37. The maximum Gasteiger partial charge on any atom is 0.137 e. The van der Waals surface area contributed by atoms with Crippen molar-refractivity contribution in [3.05, 3.63) is 35.9 Å². The molecule has 0 radical (unpaired) electrons. The van der Waals surface area contributed by atoms with E-state index >= 15 is 0 Å². The number of fused-ring (bicyclic) bond motifs is 1. The molecule has 1 heterocycles. The Kier molecular flexibility index (Phi) is 3.46. The van der Waals surface area contributed by atoms with Crippen LogP contribution in [0.25, 0.3) is 0 Å². The zero-order chi connectivity index (χ0) is 12.4. The van der Waals surface area contributed by atoms with Crippen molar-refractivity contribution in [3.63, 3.8) is 0 Å². The molecule has 1 saturated carbocycles. The first kappa shape index (κ1) is 11.9. The largest absolute Gasteiger partial charge is 0.299 e. The fourth-order valence-electron chi connectivity index (χ4n) is 3.53. The molecular formula is C16H21NO. The topological polar surface area (TPSA) is 20.3 Å². The minimum absolute atomic E-state index is 0.330. The molecule has 1 saturated heterocycles. The molecule has 0 amide bonds. The van der Waals surface area contributed by atoms with Crippen molar-refractivity contribution in [3.8, 4) is 0 Å². The Morgan fingerprint density at radius 1 is 1.11 bits per heavy atom. The van der Waals surface area contributed by atoms with E-state index in [-0.39, 0.29) is 0 Å². The van der Waals surface area contributed by atoms with Crippen LogP contribution in [0.1, 0.15) is 37.7 Å². The van der Waals surface area contributed by atoms with Crippen LogP contribution in [-0.2, 0) is 11.3 Å². The Morgan fingerprint density at radius 2 is 1.94 bits per heavy atom. The molecule has 2 fully saturated rings. The van der Waals surface area contributed by atoms with E-state index in [0.717, 1.165) is 32.4 Å². The minimum Gasteiger partial charge on any atom is -0.299 e. The number of hydrogen-bond acceptors (Lipinski definition) is 2. The van der Waals surface area contributed by atoms with Gasteiger partial charge in [0.05, 0.1) is 0 Å². The standard InChI is InChI=1S/C16H21NO/c18-16-9-5-4-8-15-14(16)10-11-17(15)12-13-6-2-1-3-7-13/h1-3,6-7,14-15H,4-5,8-12H2/t14-,15+/m0/s1. The quantitative estimate of drug-likeness (QED) is 0.796. The Labute approximate surface area is 109 Å². The molecule has 0 spiro atoms. The molecule has 18 heavy (non-hydrogen) atoms. The van der Waals surface area contributed by atoms with Crippen LogP contribution < -0.4 is 0 Å². The summed E-state index contributed by atoms with van der Waals surface area (Å²) in [6, 6.07) is 11.1. The molecule has 0 aromatic heterocycles. The second-order valence-electron chi connectivity index (χ2n) is 5.63. The van der Waals surface area contributed by atoms with Crippen molar-refractivity contribution >= 4 is 5.78 Å². The number of hydrogen-bond donors (Lipinski definition) is 0. The fraction of sp³-hybridized carbons (Fsp3) is 0.562. The van der Waals surface area contributed by atoms with Crippen LogP contribution in [0.5, 0.6) is 0 Å². The minimum atomic E-state index is 0.330. The number of Topliss-reactive ketones (excluding diaryl/α,β-unsaturated/α-hetero) is 1. The highest BCUT2D eigenvalue weighted by atomic mass is 16.1. The van der Waals surface area contributed by atoms with E-state index in [0.29, 0.717) is 17.7 Å². The molecule has 2 heteroatoms. The number of carbonyl (C=O) groups excluding carboxylic acids is 1. The van der Waals surface area contributed by atoms with Gasteiger partial charge in [0, 0.05) is 24.9 Å². The van der Waals surface area contributed by atoms with Crippen molar-refractivity contribution in [1.29, 1.82) is 0 Å². The van der Waals surface area contributed by atoms with E-state index < -0.39 is 0 Å². The molecule has 2 nitrogen and oxygen atoms in total. The van der Waals surface area contributed by atoms with Crippen molar-refractivity contribution in [2.24, 2.45) is 5.92 Å². The summed E-state index contributed by atoms with van der Waals surface area (Å²) in [6.45, 7) is 2.10. The van der Waals surface area contributed by atoms with Crippen LogP contribution in [0.3, 0.4) is 0 Å². The Morgan fingerprint density at radius 3 is 2.78 bits per heavy atom. The lowest BCUT2D eigenvalue weighted by Crippen LogP contribution is -2.34. The van der Waals surface area contributed by atoms with Gasteiger partial charge in [-0.3, -0.25) is 9.69 Å². The molecule has 2 aliphatic rings. The van der Waals surface area contributed by atoms with Crippen molar-refractivity contribution < 1.29 is 4.79 Å². The maximum absolute atomic E-state index is 12.1. The highest BCUT2D eigenvalue weighted by Gasteiger charge is 2.38. The Hall–Kier alpha value is -1.15. The van der Waals surface area contributed by atoms with Gasteiger partial charge in [-0.2, -0.15) is 0 Å². The lowest BCUT2D eigenvalue weighted by Gasteiger charge is -2.26. The van der Waals surface area contributed by atoms with Gasteiger partial charge >= 0.3 is 0 Å². The van der Waals surface area contributed by atoms with Crippen LogP contribution >= 0.6 is 0 Å². The Balaban J connectivity index is 1.72. The van der Waals surface area contributed by atoms with Gasteiger partial charge in [-0.1, -0.05) is 36.8 Å². The van der Waals surface area contributed by atoms with Crippen LogP contribution in [0, 0.1) is 5.92 Å². The van der Waals surface area contributed by atoms with Gasteiger partial charge in [-0.25, -0.2) is 0 Å². The molecule has 2 atom stereocenters. The Bertz CT molecular complexity index is 414. The van der Waals surface area contributed by atoms with E-state index in [1.807, 2.05) is 0 Å². The SMILES string of the molecule is O=C1CCCC[C@@H]2[C@@H]1CCN2Cc1ccccc1.